The SMILES string of the molecule is CCOc1ccccc1OC/C=C/CN(CC)CC.Cl. The fraction of sp³-hybridized carbons (Fsp3) is 0.500. The van der Waals surface area contributed by atoms with E-state index >= 15 is 0 Å². The van der Waals surface area contributed by atoms with Crippen LogP contribution in [0, 0.1) is 0 Å². The van der Waals surface area contributed by atoms with Crippen molar-refractivity contribution >= 4 is 12.4 Å². The van der Waals surface area contributed by atoms with Crippen LogP contribution in [0.3, 0.4) is 0 Å². The highest BCUT2D eigenvalue weighted by Gasteiger charge is 2.01. The molecule has 0 radical (unpaired) electrons. The second-order valence-corrected chi connectivity index (χ2v) is 4.15. The number of benzene rings is 1. The van der Waals surface area contributed by atoms with Gasteiger partial charge in [-0.2, -0.15) is 0 Å². The van der Waals surface area contributed by atoms with Crippen molar-refractivity contribution in [2.45, 2.75) is 20.8 Å². The molecule has 0 N–H and O–H groups in total. The lowest BCUT2D eigenvalue weighted by atomic mass is 10.3. The first-order valence-corrected chi connectivity index (χ1v) is 7.03. The predicted octanol–water partition coefficient (Wildman–Crippen LogP) is 3.78. The van der Waals surface area contributed by atoms with Gasteiger partial charge in [-0.25, -0.2) is 0 Å². The average Bonchev–Trinajstić information content (AvgIpc) is 2.45. The van der Waals surface area contributed by atoms with Gasteiger partial charge < -0.3 is 14.4 Å². The minimum absolute atomic E-state index is 0. The van der Waals surface area contributed by atoms with Crippen LogP contribution >= 0.6 is 12.4 Å². The summed E-state index contributed by atoms with van der Waals surface area (Å²) in [6, 6.07) is 7.77. The molecule has 114 valence electrons. The van der Waals surface area contributed by atoms with Gasteiger partial charge in [-0.1, -0.05) is 38.1 Å². The molecule has 0 unspecified atom stereocenters. The van der Waals surface area contributed by atoms with E-state index in [0.717, 1.165) is 31.1 Å². The number of ether oxygens (including phenoxy) is 2. The molecule has 4 heteroatoms. The molecule has 0 aliphatic heterocycles. The minimum atomic E-state index is 0. The van der Waals surface area contributed by atoms with E-state index in [1.807, 2.05) is 31.2 Å². The van der Waals surface area contributed by atoms with E-state index in [1.54, 1.807) is 0 Å². The van der Waals surface area contributed by atoms with Crippen LogP contribution in [-0.2, 0) is 0 Å². The van der Waals surface area contributed by atoms with Crippen LogP contribution < -0.4 is 9.47 Å². The summed E-state index contributed by atoms with van der Waals surface area (Å²) in [4.78, 5) is 2.35. The topological polar surface area (TPSA) is 21.7 Å². The second kappa shape index (κ2) is 11.6. The number of para-hydroxylation sites is 2. The Kier molecular flexibility index (Phi) is 10.9. The van der Waals surface area contributed by atoms with Crippen LogP contribution in [0.4, 0.5) is 0 Å². The summed E-state index contributed by atoms with van der Waals surface area (Å²) < 4.78 is 11.2. The first kappa shape index (κ1) is 18.8. The fourth-order valence-corrected chi connectivity index (χ4v) is 1.76. The number of hydrogen-bond donors (Lipinski definition) is 0. The van der Waals surface area contributed by atoms with Gasteiger partial charge in [-0.05, 0) is 32.1 Å². The van der Waals surface area contributed by atoms with Gasteiger partial charge in [0.05, 0.1) is 6.61 Å². The summed E-state index contributed by atoms with van der Waals surface area (Å²) in [6.45, 7) is 10.7. The Morgan fingerprint density at radius 3 is 2.10 bits per heavy atom. The summed E-state index contributed by atoms with van der Waals surface area (Å²) in [6.07, 6.45) is 4.21. The van der Waals surface area contributed by atoms with Crippen molar-refractivity contribution in [3.05, 3.63) is 36.4 Å². The molecule has 1 aromatic rings. The quantitative estimate of drug-likeness (QED) is 0.648. The summed E-state index contributed by atoms with van der Waals surface area (Å²) in [5.41, 5.74) is 0. The molecule has 20 heavy (non-hydrogen) atoms. The molecular formula is C16H26ClNO2. The van der Waals surface area contributed by atoms with Crippen molar-refractivity contribution in [2.75, 3.05) is 32.8 Å². The zero-order valence-electron chi connectivity index (χ0n) is 12.7. The Balaban J connectivity index is 0.00000361. The Bertz CT molecular complexity index is 378. The van der Waals surface area contributed by atoms with Crippen molar-refractivity contribution in [1.82, 2.24) is 4.90 Å². The standard InChI is InChI=1S/C16H25NO2.ClH/c1-4-17(5-2)13-9-10-14-19-16-12-8-7-11-15(16)18-6-3;/h7-12H,4-6,13-14H2,1-3H3;1H/b10-9+;. The van der Waals surface area contributed by atoms with Gasteiger partial charge >= 0.3 is 0 Å². The molecule has 1 aromatic carbocycles. The van der Waals surface area contributed by atoms with Crippen LogP contribution in [0.25, 0.3) is 0 Å². The third kappa shape index (κ3) is 6.83. The Hall–Kier alpha value is -1.19. The third-order valence-corrected chi connectivity index (χ3v) is 2.91. The maximum Gasteiger partial charge on any atom is 0.161 e. The number of likely N-dealkylation sites (N-methyl/N-ethyl adjacent to an activating group) is 1. The lowest BCUT2D eigenvalue weighted by molar-refractivity contribution is 0.296. The molecule has 0 atom stereocenters. The van der Waals surface area contributed by atoms with Crippen LogP contribution in [-0.4, -0.2) is 37.7 Å². The molecule has 0 aromatic heterocycles. The summed E-state index contributed by atoms with van der Waals surface area (Å²) in [5, 5.41) is 0. The van der Waals surface area contributed by atoms with Crippen molar-refractivity contribution in [2.24, 2.45) is 0 Å². The molecule has 0 saturated carbocycles. The van der Waals surface area contributed by atoms with Gasteiger partial charge in [-0.15, -0.1) is 12.4 Å². The van der Waals surface area contributed by atoms with E-state index < -0.39 is 0 Å². The van der Waals surface area contributed by atoms with Crippen molar-refractivity contribution < 1.29 is 9.47 Å². The molecule has 0 saturated heterocycles. The summed E-state index contributed by atoms with van der Waals surface area (Å²) in [5.74, 6) is 1.61. The summed E-state index contributed by atoms with van der Waals surface area (Å²) in [7, 11) is 0. The number of nitrogens with zero attached hydrogens (tertiary/aromatic N) is 1. The fourth-order valence-electron chi connectivity index (χ4n) is 1.76. The van der Waals surface area contributed by atoms with E-state index in [4.69, 9.17) is 9.47 Å². The van der Waals surface area contributed by atoms with Crippen molar-refractivity contribution in [3.8, 4) is 11.5 Å². The zero-order valence-corrected chi connectivity index (χ0v) is 13.5. The van der Waals surface area contributed by atoms with Crippen molar-refractivity contribution in [1.29, 1.82) is 0 Å². The van der Waals surface area contributed by atoms with Gasteiger partial charge in [0.1, 0.15) is 6.61 Å². The lowest BCUT2D eigenvalue weighted by Gasteiger charge is -2.15. The highest BCUT2D eigenvalue weighted by Crippen LogP contribution is 2.26. The van der Waals surface area contributed by atoms with E-state index in [2.05, 4.69) is 30.9 Å². The highest BCUT2D eigenvalue weighted by atomic mass is 35.5. The third-order valence-electron chi connectivity index (χ3n) is 2.91. The highest BCUT2D eigenvalue weighted by molar-refractivity contribution is 5.85. The van der Waals surface area contributed by atoms with Gasteiger partial charge in [-0.3, -0.25) is 0 Å². The summed E-state index contributed by atoms with van der Waals surface area (Å²) >= 11 is 0. The molecule has 0 heterocycles. The Labute approximate surface area is 129 Å². The molecule has 0 aliphatic carbocycles. The largest absolute Gasteiger partial charge is 0.490 e. The normalized spacial score (nSPS) is 10.6. The van der Waals surface area contributed by atoms with Crippen LogP contribution in [0.2, 0.25) is 0 Å². The molecule has 0 bridgehead atoms. The van der Waals surface area contributed by atoms with Crippen LogP contribution in [0.5, 0.6) is 11.5 Å². The molecule has 1 rings (SSSR count). The number of rotatable bonds is 9. The zero-order chi connectivity index (χ0) is 13.9. The monoisotopic (exact) mass is 299 g/mol. The average molecular weight is 300 g/mol. The van der Waals surface area contributed by atoms with Crippen LogP contribution in [0.15, 0.2) is 36.4 Å². The van der Waals surface area contributed by atoms with Gasteiger partial charge in [0, 0.05) is 6.54 Å². The van der Waals surface area contributed by atoms with Gasteiger partial charge in [0.2, 0.25) is 0 Å². The van der Waals surface area contributed by atoms with Gasteiger partial charge in [0.25, 0.3) is 0 Å². The van der Waals surface area contributed by atoms with Crippen LogP contribution in [0.1, 0.15) is 20.8 Å². The first-order valence-electron chi connectivity index (χ1n) is 7.03. The molecule has 0 amide bonds. The maximum atomic E-state index is 5.71. The van der Waals surface area contributed by atoms with Crippen molar-refractivity contribution in [3.63, 3.8) is 0 Å². The molecule has 0 fully saturated rings. The first-order chi connectivity index (χ1) is 9.31. The second-order valence-electron chi connectivity index (χ2n) is 4.15. The molecule has 0 aliphatic rings. The van der Waals surface area contributed by atoms with E-state index in [9.17, 15) is 0 Å². The number of halogens is 1. The Morgan fingerprint density at radius 2 is 1.55 bits per heavy atom. The minimum Gasteiger partial charge on any atom is -0.490 e. The van der Waals surface area contributed by atoms with E-state index in [0.29, 0.717) is 13.2 Å². The lowest BCUT2D eigenvalue weighted by Crippen LogP contribution is -2.22. The molecular weight excluding hydrogens is 274 g/mol. The molecule has 3 nitrogen and oxygen atoms in total. The van der Waals surface area contributed by atoms with E-state index in [1.165, 1.54) is 0 Å². The predicted molar refractivity (Wildman–Crippen MR) is 87.3 cm³/mol. The maximum absolute atomic E-state index is 5.71. The Morgan fingerprint density at radius 1 is 0.950 bits per heavy atom. The number of hydrogen-bond acceptors (Lipinski definition) is 3. The smallest absolute Gasteiger partial charge is 0.161 e. The van der Waals surface area contributed by atoms with Gasteiger partial charge in [0.15, 0.2) is 11.5 Å². The van der Waals surface area contributed by atoms with E-state index in [-0.39, 0.29) is 12.4 Å². The molecule has 0 spiro atoms.